The van der Waals surface area contributed by atoms with Crippen LogP contribution in [0.25, 0.3) is 0 Å². The smallest absolute Gasteiger partial charge is 0.227 e. The van der Waals surface area contributed by atoms with E-state index in [0.717, 1.165) is 11.1 Å². The van der Waals surface area contributed by atoms with E-state index in [9.17, 15) is 13.2 Å². The second-order valence-electron chi connectivity index (χ2n) is 6.54. The molecule has 0 bridgehead atoms. The topological polar surface area (TPSA) is 80.5 Å². The van der Waals surface area contributed by atoms with E-state index in [4.69, 9.17) is 4.52 Å². The lowest BCUT2D eigenvalue weighted by molar-refractivity contribution is -0.133. The minimum absolute atomic E-state index is 0.0349. The van der Waals surface area contributed by atoms with Crippen molar-refractivity contribution in [3.8, 4) is 0 Å². The molecule has 0 N–H and O–H groups in total. The van der Waals surface area contributed by atoms with Crippen LogP contribution in [-0.2, 0) is 27.6 Å². The number of rotatable bonds is 5. The average molecular weight is 362 g/mol. The third-order valence-corrected chi connectivity index (χ3v) is 6.42. The molecule has 6 nitrogen and oxygen atoms in total. The molecular weight excluding hydrogens is 340 g/mol. The lowest BCUT2D eigenvalue weighted by Gasteiger charge is -2.28. The molecule has 1 amide bonds. The summed E-state index contributed by atoms with van der Waals surface area (Å²) >= 11 is 0. The standard InChI is InChI=1S/C18H22N2O4S/c1-13-17(14(2)24-19-13)10-18(21)20(11-15-6-4-3-5-7-15)16-8-9-25(22,23)12-16/h3-7,16H,8-12H2,1-2H3. The molecule has 2 aromatic rings. The fourth-order valence-corrected chi connectivity index (χ4v) is 4.96. The Hall–Kier alpha value is -2.15. The summed E-state index contributed by atoms with van der Waals surface area (Å²) in [4.78, 5) is 14.7. The predicted octanol–water partition coefficient (Wildman–Crippen LogP) is 2.05. The Labute approximate surface area is 147 Å². The molecule has 1 aliphatic heterocycles. The van der Waals surface area contributed by atoms with E-state index in [1.807, 2.05) is 30.3 Å². The Morgan fingerprint density at radius 3 is 2.56 bits per heavy atom. The van der Waals surface area contributed by atoms with Crippen molar-refractivity contribution in [1.29, 1.82) is 0 Å². The third-order valence-electron chi connectivity index (χ3n) is 4.67. The molecule has 1 fully saturated rings. The Morgan fingerprint density at radius 2 is 2.00 bits per heavy atom. The van der Waals surface area contributed by atoms with E-state index >= 15 is 0 Å². The fraction of sp³-hybridized carbons (Fsp3) is 0.444. The lowest BCUT2D eigenvalue weighted by atomic mass is 10.1. The van der Waals surface area contributed by atoms with Gasteiger partial charge in [0.2, 0.25) is 5.91 Å². The maximum atomic E-state index is 13.0. The van der Waals surface area contributed by atoms with Crippen LogP contribution in [0, 0.1) is 13.8 Å². The average Bonchev–Trinajstić information content (AvgIpc) is 3.09. The highest BCUT2D eigenvalue weighted by molar-refractivity contribution is 7.91. The van der Waals surface area contributed by atoms with Crippen molar-refractivity contribution in [3.05, 3.63) is 52.9 Å². The zero-order valence-corrected chi connectivity index (χ0v) is 15.3. The predicted molar refractivity (Wildman–Crippen MR) is 93.7 cm³/mol. The molecule has 1 unspecified atom stereocenters. The van der Waals surface area contributed by atoms with Gasteiger partial charge in [0, 0.05) is 18.2 Å². The third kappa shape index (κ3) is 4.10. The van der Waals surface area contributed by atoms with Gasteiger partial charge in [-0.15, -0.1) is 0 Å². The first-order valence-corrected chi connectivity index (χ1v) is 10.1. The van der Waals surface area contributed by atoms with Gasteiger partial charge in [-0.05, 0) is 25.8 Å². The number of benzene rings is 1. The summed E-state index contributed by atoms with van der Waals surface area (Å²) < 4.78 is 28.9. The number of aryl methyl sites for hydroxylation is 2. The molecule has 1 atom stereocenters. The van der Waals surface area contributed by atoms with Gasteiger partial charge in [0.15, 0.2) is 9.84 Å². The molecule has 1 aromatic carbocycles. The minimum Gasteiger partial charge on any atom is -0.361 e. The first-order valence-electron chi connectivity index (χ1n) is 8.31. The van der Waals surface area contributed by atoms with Crippen molar-refractivity contribution >= 4 is 15.7 Å². The molecule has 2 heterocycles. The molecule has 0 saturated carbocycles. The SMILES string of the molecule is Cc1noc(C)c1CC(=O)N(Cc1ccccc1)C1CCS(=O)(=O)C1. The zero-order valence-electron chi connectivity index (χ0n) is 14.4. The van der Waals surface area contributed by atoms with Crippen LogP contribution >= 0.6 is 0 Å². The molecule has 7 heteroatoms. The minimum atomic E-state index is -3.07. The first kappa shape index (κ1) is 17.7. The van der Waals surface area contributed by atoms with E-state index in [1.54, 1.807) is 18.7 Å². The molecule has 3 rings (SSSR count). The Bertz CT molecular complexity index is 839. The largest absolute Gasteiger partial charge is 0.361 e. The van der Waals surface area contributed by atoms with Crippen molar-refractivity contribution in [2.75, 3.05) is 11.5 Å². The summed E-state index contributed by atoms with van der Waals surface area (Å²) in [5.74, 6) is 0.708. The Balaban J connectivity index is 1.84. The molecule has 0 aliphatic carbocycles. The van der Waals surface area contributed by atoms with Crippen LogP contribution < -0.4 is 0 Å². The first-order chi connectivity index (χ1) is 11.9. The number of hydrogen-bond donors (Lipinski definition) is 0. The van der Waals surface area contributed by atoms with Crippen LogP contribution in [0.2, 0.25) is 0 Å². The van der Waals surface area contributed by atoms with Crippen LogP contribution in [0.3, 0.4) is 0 Å². The van der Waals surface area contributed by atoms with E-state index in [1.165, 1.54) is 0 Å². The van der Waals surface area contributed by atoms with E-state index in [-0.39, 0.29) is 29.9 Å². The van der Waals surface area contributed by atoms with Crippen molar-refractivity contribution in [1.82, 2.24) is 10.1 Å². The van der Waals surface area contributed by atoms with Crippen LogP contribution in [0.4, 0.5) is 0 Å². The van der Waals surface area contributed by atoms with Crippen molar-refractivity contribution < 1.29 is 17.7 Å². The van der Waals surface area contributed by atoms with Crippen molar-refractivity contribution in [3.63, 3.8) is 0 Å². The molecule has 0 radical (unpaired) electrons. The number of hydrogen-bond acceptors (Lipinski definition) is 5. The Morgan fingerprint density at radius 1 is 1.28 bits per heavy atom. The molecule has 0 spiro atoms. The molecule has 1 saturated heterocycles. The van der Waals surface area contributed by atoms with E-state index in [0.29, 0.717) is 24.4 Å². The van der Waals surface area contributed by atoms with Gasteiger partial charge in [-0.2, -0.15) is 0 Å². The van der Waals surface area contributed by atoms with Gasteiger partial charge in [0.05, 0.1) is 23.6 Å². The summed E-state index contributed by atoms with van der Waals surface area (Å²) in [5.41, 5.74) is 2.47. The monoisotopic (exact) mass is 362 g/mol. The summed E-state index contributed by atoms with van der Waals surface area (Å²) in [5, 5.41) is 3.89. The van der Waals surface area contributed by atoms with Gasteiger partial charge in [0.1, 0.15) is 5.76 Å². The number of amides is 1. The fourth-order valence-electron chi connectivity index (χ4n) is 3.23. The maximum Gasteiger partial charge on any atom is 0.227 e. The number of carbonyl (C=O) groups is 1. The van der Waals surface area contributed by atoms with Gasteiger partial charge in [-0.3, -0.25) is 4.79 Å². The number of carbonyl (C=O) groups excluding carboxylic acids is 1. The summed E-state index contributed by atoms with van der Waals surface area (Å²) in [7, 11) is -3.07. The summed E-state index contributed by atoms with van der Waals surface area (Å²) in [6.07, 6.45) is 0.660. The molecular formula is C18H22N2O4S. The van der Waals surface area contributed by atoms with Crippen LogP contribution in [-0.4, -0.2) is 41.9 Å². The van der Waals surface area contributed by atoms with Gasteiger partial charge in [-0.1, -0.05) is 35.5 Å². The molecule has 1 aromatic heterocycles. The van der Waals surface area contributed by atoms with Crippen LogP contribution in [0.15, 0.2) is 34.9 Å². The van der Waals surface area contributed by atoms with E-state index < -0.39 is 9.84 Å². The Kier molecular flexibility index (Phi) is 4.94. The highest BCUT2D eigenvalue weighted by Crippen LogP contribution is 2.22. The van der Waals surface area contributed by atoms with Crippen molar-refractivity contribution in [2.45, 2.75) is 39.3 Å². The van der Waals surface area contributed by atoms with Gasteiger partial charge in [0.25, 0.3) is 0 Å². The molecule has 1 aliphatic rings. The second kappa shape index (κ2) is 7.00. The van der Waals surface area contributed by atoms with Gasteiger partial charge in [-0.25, -0.2) is 8.42 Å². The number of sulfone groups is 1. The maximum absolute atomic E-state index is 13.0. The van der Waals surface area contributed by atoms with Gasteiger partial charge < -0.3 is 9.42 Å². The quantitative estimate of drug-likeness (QED) is 0.813. The number of aromatic nitrogens is 1. The van der Waals surface area contributed by atoms with Gasteiger partial charge >= 0.3 is 0 Å². The molecule has 134 valence electrons. The molecule has 25 heavy (non-hydrogen) atoms. The van der Waals surface area contributed by atoms with E-state index in [2.05, 4.69) is 5.16 Å². The zero-order chi connectivity index (χ0) is 18.0. The highest BCUT2D eigenvalue weighted by atomic mass is 32.2. The van der Waals surface area contributed by atoms with Crippen LogP contribution in [0.1, 0.15) is 29.0 Å². The lowest BCUT2D eigenvalue weighted by Crippen LogP contribution is -2.41. The highest BCUT2D eigenvalue weighted by Gasteiger charge is 2.35. The summed E-state index contributed by atoms with van der Waals surface area (Å²) in [6.45, 7) is 3.99. The summed E-state index contributed by atoms with van der Waals surface area (Å²) in [6, 6.07) is 9.35. The second-order valence-corrected chi connectivity index (χ2v) is 8.77. The number of nitrogens with zero attached hydrogens (tertiary/aromatic N) is 2. The van der Waals surface area contributed by atoms with Crippen molar-refractivity contribution in [2.24, 2.45) is 0 Å². The normalized spacial score (nSPS) is 19.0. The van der Waals surface area contributed by atoms with Crippen LogP contribution in [0.5, 0.6) is 0 Å².